The van der Waals surface area contributed by atoms with Crippen molar-refractivity contribution in [3.05, 3.63) is 299 Å². The molecule has 117 heavy (non-hydrogen) atoms. The first-order chi connectivity index (χ1) is 56.9. The van der Waals surface area contributed by atoms with Gasteiger partial charge in [-0.25, -0.2) is 29.9 Å². The second kappa shape index (κ2) is 43.1. The second-order valence-electron chi connectivity index (χ2n) is 31.2. The summed E-state index contributed by atoms with van der Waals surface area (Å²) in [6, 6.07) is 74.4. The van der Waals surface area contributed by atoms with Crippen LogP contribution >= 0.6 is 69.6 Å². The standard InChI is InChI=1S/3C31H36Cl2N6/c3*1-37(2)17-5-16-34-31-27-6-3-4-7-28(27)35-29(36-31)22-38-18-20-39(21-19-38)30(23-8-12-25(32)13-9-23)24-10-14-26(33)15-11-24/h3*3-4,6-15,30H,5,16-22H2,1-2H3,(H,34,35,36). The second-order valence-corrected chi connectivity index (χ2v) is 33.8. The van der Waals surface area contributed by atoms with Gasteiger partial charge in [0.1, 0.15) is 34.9 Å². The van der Waals surface area contributed by atoms with Gasteiger partial charge < -0.3 is 30.7 Å². The number of fused-ring (bicyclic) bond motifs is 3. The molecular formula is C93H108Cl6N18. The third-order valence-corrected chi connectivity index (χ3v) is 23.2. The highest BCUT2D eigenvalue weighted by Gasteiger charge is 2.31. The number of piperazine rings is 3. The Labute approximate surface area is 721 Å². The van der Waals surface area contributed by atoms with Crippen LogP contribution in [0.5, 0.6) is 0 Å². The van der Waals surface area contributed by atoms with Crippen LogP contribution in [0.25, 0.3) is 32.7 Å². The van der Waals surface area contributed by atoms with E-state index in [1.165, 1.54) is 33.4 Å². The molecule has 612 valence electrons. The molecule has 3 aromatic heterocycles. The monoisotopic (exact) mass is 1690 g/mol. The van der Waals surface area contributed by atoms with E-state index in [4.69, 9.17) is 99.5 Å². The van der Waals surface area contributed by atoms with Gasteiger partial charge in [0, 0.05) is 144 Å². The molecule has 3 fully saturated rings. The molecule has 24 heteroatoms. The summed E-state index contributed by atoms with van der Waals surface area (Å²) in [6.07, 6.45) is 3.18. The van der Waals surface area contributed by atoms with Crippen LogP contribution in [0.3, 0.4) is 0 Å². The zero-order chi connectivity index (χ0) is 81.6. The van der Waals surface area contributed by atoms with Crippen molar-refractivity contribution in [3.63, 3.8) is 0 Å². The number of halogens is 6. The molecule has 3 N–H and O–H groups in total. The summed E-state index contributed by atoms with van der Waals surface area (Å²) in [7, 11) is 12.6. The first-order valence-corrected chi connectivity index (χ1v) is 43.0. The van der Waals surface area contributed by atoms with Gasteiger partial charge in [0.25, 0.3) is 0 Å². The maximum atomic E-state index is 6.20. The van der Waals surface area contributed by atoms with Gasteiger partial charge >= 0.3 is 0 Å². The molecule has 0 aliphatic carbocycles. The Bertz CT molecular complexity index is 4420. The minimum Gasteiger partial charge on any atom is -0.369 e. The normalized spacial score (nSPS) is 14.9. The Balaban J connectivity index is 0.000000152. The van der Waals surface area contributed by atoms with Crippen LogP contribution in [-0.2, 0) is 19.6 Å². The Morgan fingerprint density at radius 3 is 0.684 bits per heavy atom. The molecule has 3 aliphatic heterocycles. The zero-order valence-electron chi connectivity index (χ0n) is 68.0. The summed E-state index contributed by atoms with van der Waals surface area (Å²) >= 11 is 37.2. The number of hydrogen-bond donors (Lipinski definition) is 3. The zero-order valence-corrected chi connectivity index (χ0v) is 72.5. The Morgan fingerprint density at radius 1 is 0.274 bits per heavy atom. The third-order valence-electron chi connectivity index (χ3n) is 21.7. The van der Waals surface area contributed by atoms with Crippen LogP contribution in [0.4, 0.5) is 17.5 Å². The summed E-state index contributed by atoms with van der Waals surface area (Å²) in [5.41, 5.74) is 10.4. The van der Waals surface area contributed by atoms with Crippen molar-refractivity contribution in [2.75, 3.05) is 176 Å². The van der Waals surface area contributed by atoms with Crippen LogP contribution in [0.15, 0.2) is 218 Å². The SMILES string of the molecule is CN(C)CCCNc1nc(CN2CCN(C(c3ccc(Cl)cc3)c3ccc(Cl)cc3)CC2)nc2ccccc12.CN(C)CCCNc1nc(CN2CCN(C(c3ccc(Cl)cc3)c3ccc(Cl)cc3)CC2)nc2ccccc12.CN(C)CCCNc1nc(CN2CCN(C(c3ccc(Cl)cc3)c3ccc(Cl)cc3)CC2)nc2ccccc12. The summed E-state index contributed by atoms with van der Waals surface area (Å²) in [4.78, 5) is 51.2. The van der Waals surface area contributed by atoms with Crippen molar-refractivity contribution in [3.8, 4) is 0 Å². The van der Waals surface area contributed by atoms with Gasteiger partial charge in [-0.3, -0.25) is 29.4 Å². The van der Waals surface area contributed by atoms with Crippen molar-refractivity contribution in [2.45, 2.75) is 57.0 Å². The van der Waals surface area contributed by atoms with Gasteiger partial charge in [0.2, 0.25) is 0 Å². The number of aromatic nitrogens is 6. The fraction of sp³-hybridized carbons (Fsp3) is 0.355. The highest BCUT2D eigenvalue weighted by molar-refractivity contribution is 6.32. The van der Waals surface area contributed by atoms with E-state index in [0.717, 1.165) is 254 Å². The van der Waals surface area contributed by atoms with Gasteiger partial charge in [0.05, 0.1) is 54.3 Å². The first-order valence-electron chi connectivity index (χ1n) is 40.7. The highest BCUT2D eigenvalue weighted by Crippen LogP contribution is 2.36. The van der Waals surface area contributed by atoms with Gasteiger partial charge in [-0.05, 0) is 224 Å². The van der Waals surface area contributed by atoms with Crippen molar-refractivity contribution < 1.29 is 0 Å². The van der Waals surface area contributed by atoms with E-state index in [9.17, 15) is 0 Å². The molecule has 0 saturated carbocycles. The van der Waals surface area contributed by atoms with Crippen molar-refractivity contribution in [2.24, 2.45) is 0 Å². The van der Waals surface area contributed by atoms with Gasteiger partial charge in [-0.15, -0.1) is 0 Å². The fourth-order valence-electron chi connectivity index (χ4n) is 15.6. The van der Waals surface area contributed by atoms with Crippen LogP contribution in [-0.4, -0.2) is 234 Å². The molecule has 18 nitrogen and oxygen atoms in total. The van der Waals surface area contributed by atoms with E-state index < -0.39 is 0 Å². The smallest absolute Gasteiger partial charge is 0.145 e. The molecule has 6 heterocycles. The fourth-order valence-corrected chi connectivity index (χ4v) is 16.4. The molecule has 9 aromatic carbocycles. The number of anilines is 3. The molecular weight excluding hydrogens is 1580 g/mol. The molecule has 0 radical (unpaired) electrons. The number of nitrogens with one attached hydrogen (secondary N) is 3. The summed E-state index contributed by atoms with van der Waals surface area (Å²) in [5, 5.41) is 18.4. The lowest BCUT2D eigenvalue weighted by atomic mass is 9.96. The molecule has 0 spiro atoms. The molecule has 0 atom stereocenters. The van der Waals surface area contributed by atoms with Crippen LogP contribution < -0.4 is 16.0 Å². The first kappa shape index (κ1) is 86.6. The van der Waals surface area contributed by atoms with E-state index in [-0.39, 0.29) is 18.1 Å². The van der Waals surface area contributed by atoms with Gasteiger partial charge in [-0.1, -0.05) is 179 Å². The largest absolute Gasteiger partial charge is 0.369 e. The maximum Gasteiger partial charge on any atom is 0.145 e. The third kappa shape index (κ3) is 25.0. The van der Waals surface area contributed by atoms with Gasteiger partial charge in [0.15, 0.2) is 0 Å². The summed E-state index contributed by atoms with van der Waals surface area (Å²) in [6.45, 7) is 19.3. The van der Waals surface area contributed by atoms with Crippen LogP contribution in [0.1, 0.15) is 88.2 Å². The minimum atomic E-state index is 0.150. The number of nitrogens with zero attached hydrogens (tertiary/aromatic N) is 15. The highest BCUT2D eigenvalue weighted by atomic mass is 35.5. The average Bonchev–Trinajstić information content (AvgIpc) is 0.814. The van der Waals surface area contributed by atoms with E-state index in [2.05, 4.69) is 212 Å². The summed E-state index contributed by atoms with van der Waals surface area (Å²) in [5.74, 6) is 5.38. The lowest BCUT2D eigenvalue weighted by Gasteiger charge is -2.39. The molecule has 0 amide bonds. The van der Waals surface area contributed by atoms with E-state index >= 15 is 0 Å². The molecule has 15 rings (SSSR count). The van der Waals surface area contributed by atoms with E-state index in [1.807, 2.05) is 109 Å². The van der Waals surface area contributed by atoms with E-state index in [1.54, 1.807) is 0 Å². The van der Waals surface area contributed by atoms with Crippen LogP contribution in [0.2, 0.25) is 30.1 Å². The topological polar surface area (TPSA) is 143 Å². The predicted molar refractivity (Wildman–Crippen MR) is 488 cm³/mol. The Hall–Kier alpha value is -8.22. The number of rotatable bonds is 30. The van der Waals surface area contributed by atoms with Crippen molar-refractivity contribution in [1.29, 1.82) is 0 Å². The predicted octanol–water partition coefficient (Wildman–Crippen LogP) is 18.6. The lowest BCUT2D eigenvalue weighted by Crippen LogP contribution is -2.47. The molecule has 0 bridgehead atoms. The van der Waals surface area contributed by atoms with Gasteiger partial charge in [-0.2, -0.15) is 0 Å². The maximum absolute atomic E-state index is 6.20. The number of hydrogen-bond acceptors (Lipinski definition) is 18. The Morgan fingerprint density at radius 2 is 0.479 bits per heavy atom. The Kier molecular flexibility index (Phi) is 31.9. The van der Waals surface area contributed by atoms with Crippen LogP contribution in [0, 0.1) is 0 Å². The number of benzene rings is 9. The number of para-hydroxylation sites is 3. The minimum absolute atomic E-state index is 0.150. The molecule has 0 unspecified atom stereocenters. The summed E-state index contributed by atoms with van der Waals surface area (Å²) < 4.78 is 0. The van der Waals surface area contributed by atoms with Crippen molar-refractivity contribution >= 4 is 120 Å². The quantitative estimate of drug-likeness (QED) is 0.0367. The average molecular weight is 1690 g/mol. The van der Waals surface area contributed by atoms with E-state index in [0.29, 0.717) is 0 Å². The van der Waals surface area contributed by atoms with Crippen molar-refractivity contribution in [1.82, 2.24) is 74.0 Å². The molecule has 3 saturated heterocycles. The molecule has 12 aromatic rings. The lowest BCUT2D eigenvalue weighted by molar-refractivity contribution is 0.103. The molecule has 3 aliphatic rings.